The molecule has 0 aromatic carbocycles. The van der Waals surface area contributed by atoms with Crippen molar-refractivity contribution < 1.29 is 4.74 Å². The van der Waals surface area contributed by atoms with Crippen molar-refractivity contribution in [3.05, 3.63) is 30.1 Å². The van der Waals surface area contributed by atoms with Crippen LogP contribution in [0.25, 0.3) is 6.08 Å². The monoisotopic (exact) mass is 221 g/mol. The zero-order valence-corrected chi connectivity index (χ0v) is 9.65. The van der Waals surface area contributed by atoms with Crippen LogP contribution in [0.3, 0.4) is 0 Å². The van der Waals surface area contributed by atoms with Gasteiger partial charge in [-0.2, -0.15) is 0 Å². The Labute approximate surface area is 96.5 Å². The zero-order chi connectivity index (χ0) is 11.6. The Morgan fingerprint density at radius 3 is 3.12 bits per heavy atom. The van der Waals surface area contributed by atoms with Gasteiger partial charge in [-0.25, -0.2) is 0 Å². The number of aromatic nitrogens is 1. The molecule has 0 fully saturated rings. The number of nitrogen functional groups attached to an aromatic ring is 1. The van der Waals surface area contributed by atoms with E-state index in [1.165, 1.54) is 0 Å². The van der Waals surface area contributed by atoms with Gasteiger partial charge in [0.15, 0.2) is 0 Å². The molecule has 0 bridgehead atoms. The lowest BCUT2D eigenvalue weighted by Gasteiger charge is -2.01. The van der Waals surface area contributed by atoms with Crippen molar-refractivity contribution in [2.75, 3.05) is 32.5 Å². The summed E-state index contributed by atoms with van der Waals surface area (Å²) in [7, 11) is 1.70. The van der Waals surface area contributed by atoms with Crippen LogP contribution in [-0.4, -0.2) is 31.8 Å². The molecule has 0 unspecified atom stereocenters. The maximum atomic E-state index is 5.78. The van der Waals surface area contributed by atoms with Crippen LogP contribution in [0.4, 0.5) is 5.69 Å². The summed E-state index contributed by atoms with van der Waals surface area (Å²) < 4.78 is 4.93. The van der Waals surface area contributed by atoms with Crippen molar-refractivity contribution in [3.63, 3.8) is 0 Å². The number of nitrogens with one attached hydrogen (secondary N) is 1. The molecule has 0 aliphatic heterocycles. The average Bonchev–Trinajstić information content (AvgIpc) is 2.30. The van der Waals surface area contributed by atoms with Crippen molar-refractivity contribution >= 4 is 11.8 Å². The minimum absolute atomic E-state index is 0.749. The molecule has 16 heavy (non-hydrogen) atoms. The fourth-order valence-corrected chi connectivity index (χ4v) is 1.25. The van der Waals surface area contributed by atoms with E-state index >= 15 is 0 Å². The molecule has 1 aromatic heterocycles. The highest BCUT2D eigenvalue weighted by atomic mass is 16.5. The number of pyridine rings is 1. The van der Waals surface area contributed by atoms with E-state index in [0.29, 0.717) is 0 Å². The van der Waals surface area contributed by atoms with Crippen LogP contribution in [0.1, 0.15) is 12.0 Å². The number of ether oxygens (including phenoxy) is 1. The summed E-state index contributed by atoms with van der Waals surface area (Å²) in [5.74, 6) is 0. The van der Waals surface area contributed by atoms with E-state index in [1.807, 2.05) is 6.08 Å². The summed E-state index contributed by atoms with van der Waals surface area (Å²) in [4.78, 5) is 4.02. The van der Waals surface area contributed by atoms with Crippen molar-refractivity contribution in [3.8, 4) is 0 Å². The van der Waals surface area contributed by atoms with E-state index in [-0.39, 0.29) is 0 Å². The van der Waals surface area contributed by atoms with Crippen LogP contribution < -0.4 is 11.1 Å². The number of hydrogen-bond acceptors (Lipinski definition) is 4. The van der Waals surface area contributed by atoms with E-state index < -0.39 is 0 Å². The summed E-state index contributed by atoms with van der Waals surface area (Å²) in [5.41, 5.74) is 7.51. The first-order valence-electron chi connectivity index (χ1n) is 5.40. The van der Waals surface area contributed by atoms with Crippen molar-refractivity contribution in [2.45, 2.75) is 6.42 Å². The molecule has 0 aliphatic carbocycles. The van der Waals surface area contributed by atoms with Gasteiger partial charge in [0, 0.05) is 37.3 Å². The molecule has 1 aromatic rings. The Balaban J connectivity index is 2.20. The van der Waals surface area contributed by atoms with Crippen LogP contribution >= 0.6 is 0 Å². The SMILES string of the molecule is COCCNCCC=Cc1cnccc1N. The normalized spacial score (nSPS) is 11.1. The van der Waals surface area contributed by atoms with E-state index in [2.05, 4.69) is 16.4 Å². The van der Waals surface area contributed by atoms with Gasteiger partial charge in [0.2, 0.25) is 0 Å². The Morgan fingerprint density at radius 2 is 2.38 bits per heavy atom. The van der Waals surface area contributed by atoms with Crippen LogP contribution in [0.5, 0.6) is 0 Å². The maximum Gasteiger partial charge on any atom is 0.0587 e. The Morgan fingerprint density at radius 1 is 1.50 bits per heavy atom. The topological polar surface area (TPSA) is 60.2 Å². The number of hydrogen-bond donors (Lipinski definition) is 2. The van der Waals surface area contributed by atoms with Gasteiger partial charge < -0.3 is 15.8 Å². The molecular formula is C12H19N3O. The van der Waals surface area contributed by atoms with Crippen LogP contribution in [0, 0.1) is 0 Å². The molecule has 0 spiro atoms. The number of anilines is 1. The van der Waals surface area contributed by atoms with Crippen LogP contribution in [0.2, 0.25) is 0 Å². The fourth-order valence-electron chi connectivity index (χ4n) is 1.25. The maximum absolute atomic E-state index is 5.78. The van der Waals surface area contributed by atoms with Gasteiger partial charge in [0.1, 0.15) is 0 Å². The van der Waals surface area contributed by atoms with Gasteiger partial charge in [-0.1, -0.05) is 12.2 Å². The molecular weight excluding hydrogens is 202 g/mol. The predicted molar refractivity (Wildman–Crippen MR) is 67.0 cm³/mol. The van der Waals surface area contributed by atoms with Gasteiger partial charge in [-0.15, -0.1) is 0 Å². The molecule has 4 nitrogen and oxygen atoms in total. The van der Waals surface area contributed by atoms with Gasteiger partial charge in [-0.3, -0.25) is 4.98 Å². The Kier molecular flexibility index (Phi) is 6.22. The fraction of sp³-hybridized carbons (Fsp3) is 0.417. The lowest BCUT2D eigenvalue weighted by Crippen LogP contribution is -2.19. The van der Waals surface area contributed by atoms with Crippen molar-refractivity contribution in [2.24, 2.45) is 0 Å². The number of methoxy groups -OCH3 is 1. The molecule has 0 saturated carbocycles. The summed E-state index contributed by atoms with van der Waals surface area (Å²) in [6.07, 6.45) is 8.52. The standard InChI is InChI=1S/C12H19N3O/c1-16-9-8-14-6-3-2-4-11-10-15-7-5-12(11)13/h2,4-5,7,10,14H,3,6,8-9H2,1H3,(H2,13,15). The van der Waals surface area contributed by atoms with Crippen molar-refractivity contribution in [1.82, 2.24) is 10.3 Å². The molecule has 1 heterocycles. The second-order valence-corrected chi connectivity index (χ2v) is 3.44. The molecule has 0 radical (unpaired) electrons. The third-order valence-corrected chi connectivity index (χ3v) is 2.16. The summed E-state index contributed by atoms with van der Waals surface area (Å²) in [5, 5.41) is 3.26. The molecule has 3 N–H and O–H groups in total. The molecule has 0 amide bonds. The first kappa shape index (κ1) is 12.7. The summed E-state index contributed by atoms with van der Waals surface area (Å²) in [6.45, 7) is 2.58. The second kappa shape index (κ2) is 7.84. The number of nitrogens with zero attached hydrogens (tertiary/aromatic N) is 1. The second-order valence-electron chi connectivity index (χ2n) is 3.44. The van der Waals surface area contributed by atoms with Gasteiger partial charge >= 0.3 is 0 Å². The zero-order valence-electron chi connectivity index (χ0n) is 9.65. The van der Waals surface area contributed by atoms with E-state index in [4.69, 9.17) is 10.5 Å². The first-order valence-corrected chi connectivity index (χ1v) is 5.40. The quantitative estimate of drug-likeness (QED) is 0.681. The Hall–Kier alpha value is -1.39. The lowest BCUT2D eigenvalue weighted by atomic mass is 10.2. The third kappa shape index (κ3) is 4.91. The minimum Gasteiger partial charge on any atom is -0.398 e. The highest BCUT2D eigenvalue weighted by Gasteiger charge is 1.91. The lowest BCUT2D eigenvalue weighted by molar-refractivity contribution is 0.199. The minimum atomic E-state index is 0.749. The largest absolute Gasteiger partial charge is 0.398 e. The predicted octanol–water partition coefficient (Wildman–Crippen LogP) is 1.30. The van der Waals surface area contributed by atoms with Gasteiger partial charge in [-0.05, 0) is 19.0 Å². The molecule has 0 aliphatic rings. The van der Waals surface area contributed by atoms with Crippen LogP contribution in [-0.2, 0) is 4.74 Å². The highest BCUT2D eigenvalue weighted by molar-refractivity contribution is 5.62. The first-order chi connectivity index (χ1) is 7.84. The average molecular weight is 221 g/mol. The molecule has 0 saturated heterocycles. The number of nitrogens with two attached hydrogens (primary N) is 1. The van der Waals surface area contributed by atoms with Crippen LogP contribution in [0.15, 0.2) is 24.5 Å². The number of rotatable bonds is 7. The van der Waals surface area contributed by atoms with Gasteiger partial charge in [0.25, 0.3) is 0 Å². The van der Waals surface area contributed by atoms with E-state index in [0.717, 1.165) is 37.4 Å². The van der Waals surface area contributed by atoms with Gasteiger partial charge in [0.05, 0.1) is 6.61 Å². The Bertz CT molecular complexity index is 326. The summed E-state index contributed by atoms with van der Waals surface area (Å²) in [6, 6.07) is 1.80. The van der Waals surface area contributed by atoms with Crippen molar-refractivity contribution in [1.29, 1.82) is 0 Å². The molecule has 88 valence electrons. The van der Waals surface area contributed by atoms with E-state index in [1.54, 1.807) is 25.6 Å². The molecule has 4 heteroatoms. The van der Waals surface area contributed by atoms with E-state index in [9.17, 15) is 0 Å². The highest BCUT2D eigenvalue weighted by Crippen LogP contribution is 2.10. The molecule has 0 atom stereocenters. The smallest absolute Gasteiger partial charge is 0.0587 e. The third-order valence-electron chi connectivity index (χ3n) is 2.16. The molecule has 1 rings (SSSR count). The summed E-state index contributed by atoms with van der Waals surface area (Å²) >= 11 is 0.